The predicted molar refractivity (Wildman–Crippen MR) is 129 cm³/mol. The first kappa shape index (κ1) is 26.2. The Morgan fingerprint density at radius 1 is 1.03 bits per heavy atom. The summed E-state index contributed by atoms with van der Waals surface area (Å²) in [5.74, 6) is -2.32. The molecule has 0 aromatic heterocycles. The number of nitrogens with one attached hydrogen (secondary N) is 2. The van der Waals surface area contributed by atoms with E-state index in [2.05, 4.69) is 10.6 Å². The largest absolute Gasteiger partial charge is 0.481 e. The normalized spacial score (nSPS) is 13.6. The van der Waals surface area contributed by atoms with Crippen LogP contribution in [0.3, 0.4) is 0 Å². The third-order valence-electron chi connectivity index (χ3n) is 5.81. The smallest absolute Gasteiger partial charge is 0.407 e. The fraction of sp³-hybridized carbons (Fsp3) is 0.375. The number of fused-ring (bicyclic) bond motifs is 3. The van der Waals surface area contributed by atoms with E-state index in [4.69, 9.17) is 9.84 Å². The minimum absolute atomic E-state index is 0.0359. The number of aliphatic carboxylic acids is 1. The molecule has 1 unspecified atom stereocenters. The second-order valence-corrected chi connectivity index (χ2v) is 10.6. The van der Waals surface area contributed by atoms with Crippen molar-refractivity contribution in [1.29, 1.82) is 0 Å². The highest BCUT2D eigenvalue weighted by Gasteiger charge is 2.30. The van der Waals surface area contributed by atoms with Crippen molar-refractivity contribution < 1.29 is 32.6 Å². The zero-order chi connectivity index (χ0) is 25.6. The lowest BCUT2D eigenvalue weighted by Crippen LogP contribution is -2.48. The molecule has 0 aliphatic heterocycles. The van der Waals surface area contributed by atoms with Gasteiger partial charge >= 0.3 is 12.1 Å². The Labute approximate surface area is 204 Å². The number of rotatable bonds is 11. The summed E-state index contributed by atoms with van der Waals surface area (Å²) in [6.07, 6.45) is -1.40. The fourth-order valence-electron chi connectivity index (χ4n) is 3.93. The number of hydrogen-bond donors (Lipinski definition) is 3. The number of benzene rings is 2. The average molecular weight is 504 g/mol. The van der Waals surface area contributed by atoms with Crippen LogP contribution in [0.4, 0.5) is 4.79 Å². The van der Waals surface area contributed by atoms with E-state index in [-0.39, 0.29) is 37.7 Å². The van der Waals surface area contributed by atoms with Crippen molar-refractivity contribution in [2.45, 2.75) is 24.8 Å². The van der Waals surface area contributed by atoms with Gasteiger partial charge in [-0.2, -0.15) is 0 Å². The lowest BCUT2D eigenvalue weighted by Gasteiger charge is -2.19. The van der Waals surface area contributed by atoms with Crippen LogP contribution in [-0.4, -0.2) is 74.8 Å². The molecule has 3 rings (SSSR count). The molecule has 0 saturated heterocycles. The summed E-state index contributed by atoms with van der Waals surface area (Å²) in [5, 5.41) is 13.9. The van der Waals surface area contributed by atoms with Crippen molar-refractivity contribution in [1.82, 2.24) is 14.9 Å². The highest BCUT2D eigenvalue weighted by atomic mass is 32.2. The second-order valence-electron chi connectivity index (χ2n) is 8.34. The van der Waals surface area contributed by atoms with Gasteiger partial charge in [-0.3, -0.25) is 9.59 Å². The molecule has 35 heavy (non-hydrogen) atoms. The number of hydrogen-bond acceptors (Lipinski definition) is 6. The van der Waals surface area contributed by atoms with Gasteiger partial charge in [0.2, 0.25) is 15.9 Å². The Kier molecular flexibility index (Phi) is 8.47. The van der Waals surface area contributed by atoms with Crippen LogP contribution in [0, 0.1) is 0 Å². The first-order valence-electron chi connectivity index (χ1n) is 11.1. The quantitative estimate of drug-likeness (QED) is 0.424. The molecular formula is C24H29N3O7S. The van der Waals surface area contributed by atoms with Gasteiger partial charge in [-0.05, 0) is 28.7 Å². The molecule has 0 radical (unpaired) electrons. The number of carboxylic acid groups (broad SMARTS) is 1. The van der Waals surface area contributed by atoms with Gasteiger partial charge < -0.3 is 20.5 Å². The van der Waals surface area contributed by atoms with Gasteiger partial charge in [0.05, 0.1) is 5.75 Å². The maximum Gasteiger partial charge on any atom is 0.407 e. The first-order chi connectivity index (χ1) is 16.6. The van der Waals surface area contributed by atoms with Gasteiger partial charge in [-0.15, -0.1) is 0 Å². The number of alkyl carbamates (subject to hydrolysis) is 1. The molecule has 11 heteroatoms. The summed E-state index contributed by atoms with van der Waals surface area (Å²) in [5.41, 5.74) is 4.21. The minimum Gasteiger partial charge on any atom is -0.481 e. The Hall–Kier alpha value is -3.44. The summed E-state index contributed by atoms with van der Waals surface area (Å²) in [6.45, 7) is -0.149. The summed E-state index contributed by atoms with van der Waals surface area (Å²) in [4.78, 5) is 36.1. The number of carbonyl (C=O) groups excluding carboxylic acids is 2. The van der Waals surface area contributed by atoms with Crippen LogP contribution >= 0.6 is 0 Å². The van der Waals surface area contributed by atoms with Crippen molar-refractivity contribution in [2.75, 3.05) is 33.0 Å². The van der Waals surface area contributed by atoms with E-state index in [1.807, 2.05) is 48.5 Å². The molecule has 2 aromatic carbocycles. The molecule has 3 N–H and O–H groups in total. The van der Waals surface area contributed by atoms with Gasteiger partial charge in [0.25, 0.3) is 0 Å². The third-order valence-corrected chi connectivity index (χ3v) is 7.65. The lowest BCUT2D eigenvalue weighted by atomic mass is 9.98. The number of amides is 2. The van der Waals surface area contributed by atoms with E-state index in [1.54, 1.807) is 0 Å². The highest BCUT2D eigenvalue weighted by molar-refractivity contribution is 7.89. The zero-order valence-corrected chi connectivity index (χ0v) is 20.4. The summed E-state index contributed by atoms with van der Waals surface area (Å²) in [6, 6.07) is 14.5. The molecule has 10 nitrogen and oxygen atoms in total. The van der Waals surface area contributed by atoms with E-state index in [0.29, 0.717) is 0 Å². The molecular weight excluding hydrogens is 474 g/mol. The van der Waals surface area contributed by atoms with Crippen molar-refractivity contribution in [3.8, 4) is 11.1 Å². The lowest BCUT2D eigenvalue weighted by molar-refractivity contribution is -0.137. The summed E-state index contributed by atoms with van der Waals surface area (Å²) in [7, 11) is -0.762. The van der Waals surface area contributed by atoms with Crippen molar-refractivity contribution in [3.63, 3.8) is 0 Å². The van der Waals surface area contributed by atoms with E-state index < -0.39 is 34.0 Å². The highest BCUT2D eigenvalue weighted by Crippen LogP contribution is 2.44. The van der Waals surface area contributed by atoms with Crippen LogP contribution in [0.25, 0.3) is 11.1 Å². The fourth-order valence-corrected chi connectivity index (χ4v) is 4.65. The molecule has 0 spiro atoms. The second kappa shape index (κ2) is 11.3. The predicted octanol–water partition coefficient (Wildman–Crippen LogP) is 1.77. The average Bonchev–Trinajstić information content (AvgIpc) is 3.13. The standard InChI is InChI=1S/C24H29N3O7S/c1-27(2)35(32,33)14-13-25-23(30)21(11-12-22(28)29)26-24(31)34-15-20-18-9-5-3-7-16(18)17-8-4-6-10-19(17)20/h3-10,20-21H,11-15H2,1-2H3,(H,25,30)(H,26,31)(H,28,29). The van der Waals surface area contributed by atoms with Crippen molar-refractivity contribution >= 4 is 28.0 Å². The molecule has 1 atom stereocenters. The van der Waals surface area contributed by atoms with Crippen molar-refractivity contribution in [3.05, 3.63) is 59.7 Å². The molecule has 2 aromatic rings. The van der Waals surface area contributed by atoms with Gasteiger partial charge in [-0.1, -0.05) is 48.5 Å². The van der Waals surface area contributed by atoms with E-state index in [0.717, 1.165) is 26.6 Å². The first-order valence-corrected chi connectivity index (χ1v) is 12.7. The van der Waals surface area contributed by atoms with E-state index in [1.165, 1.54) is 14.1 Å². The SMILES string of the molecule is CN(C)S(=O)(=O)CCNC(=O)C(CCC(=O)O)NC(=O)OCC1c2ccccc2-c2ccccc21. The molecule has 0 saturated carbocycles. The molecule has 0 fully saturated rings. The topological polar surface area (TPSA) is 142 Å². The third kappa shape index (κ3) is 6.58. The van der Waals surface area contributed by atoms with E-state index >= 15 is 0 Å². The molecule has 1 aliphatic carbocycles. The number of nitrogens with zero attached hydrogens (tertiary/aromatic N) is 1. The monoisotopic (exact) mass is 503 g/mol. The van der Waals surface area contributed by atoms with Gasteiger partial charge in [0, 0.05) is 33.0 Å². The Morgan fingerprint density at radius 3 is 2.14 bits per heavy atom. The van der Waals surface area contributed by atoms with Crippen LogP contribution in [0.2, 0.25) is 0 Å². The van der Waals surface area contributed by atoms with Crippen LogP contribution in [-0.2, 0) is 24.3 Å². The Morgan fingerprint density at radius 2 is 1.60 bits per heavy atom. The zero-order valence-electron chi connectivity index (χ0n) is 19.6. The van der Waals surface area contributed by atoms with Crippen LogP contribution in [0.5, 0.6) is 0 Å². The molecule has 0 heterocycles. The number of carboxylic acids is 1. The van der Waals surface area contributed by atoms with Crippen LogP contribution in [0.15, 0.2) is 48.5 Å². The maximum absolute atomic E-state index is 12.6. The minimum atomic E-state index is -3.52. The van der Waals surface area contributed by atoms with Gasteiger partial charge in [0.1, 0.15) is 12.6 Å². The van der Waals surface area contributed by atoms with E-state index in [9.17, 15) is 22.8 Å². The number of ether oxygens (including phenoxy) is 1. The van der Waals surface area contributed by atoms with Crippen LogP contribution in [0.1, 0.15) is 29.9 Å². The molecule has 1 aliphatic rings. The Bertz CT molecular complexity index is 1150. The summed E-state index contributed by atoms with van der Waals surface area (Å²) >= 11 is 0. The number of carbonyl (C=O) groups is 3. The number of sulfonamides is 1. The Balaban J connectivity index is 1.61. The molecule has 2 amide bonds. The van der Waals surface area contributed by atoms with Gasteiger partial charge in [0.15, 0.2) is 0 Å². The van der Waals surface area contributed by atoms with Crippen molar-refractivity contribution in [2.24, 2.45) is 0 Å². The van der Waals surface area contributed by atoms with Gasteiger partial charge in [-0.25, -0.2) is 17.5 Å². The maximum atomic E-state index is 12.6. The van der Waals surface area contributed by atoms with Crippen LogP contribution < -0.4 is 10.6 Å². The molecule has 188 valence electrons. The molecule has 0 bridgehead atoms. The summed E-state index contributed by atoms with van der Waals surface area (Å²) < 4.78 is 30.2.